The Morgan fingerprint density at radius 2 is 1.62 bits per heavy atom. The van der Waals surface area contributed by atoms with E-state index in [1.54, 1.807) is 0 Å². The SMILES string of the molecule is CC(C)C(NC(N)=O)C(=O)Nc1ccc(C(C)(C)C)cc1. The van der Waals surface area contributed by atoms with Crippen molar-refractivity contribution in [2.75, 3.05) is 5.32 Å². The maximum atomic E-state index is 12.2. The highest BCUT2D eigenvalue weighted by Gasteiger charge is 2.23. The summed E-state index contributed by atoms with van der Waals surface area (Å²) < 4.78 is 0. The Morgan fingerprint density at radius 1 is 1.10 bits per heavy atom. The number of carbonyl (C=O) groups is 2. The van der Waals surface area contributed by atoms with Gasteiger partial charge in [-0.1, -0.05) is 46.8 Å². The van der Waals surface area contributed by atoms with Gasteiger partial charge in [-0.05, 0) is 29.0 Å². The predicted octanol–water partition coefficient (Wildman–Crippen LogP) is 2.62. The average Bonchev–Trinajstić information content (AvgIpc) is 2.34. The van der Waals surface area contributed by atoms with Gasteiger partial charge in [0.1, 0.15) is 6.04 Å². The summed E-state index contributed by atoms with van der Waals surface area (Å²) in [6, 6.07) is 6.35. The quantitative estimate of drug-likeness (QED) is 0.796. The molecular formula is C16H25N3O2. The second-order valence-electron chi connectivity index (χ2n) is 6.55. The molecule has 1 atom stereocenters. The molecule has 1 unspecified atom stereocenters. The van der Waals surface area contributed by atoms with Crippen LogP contribution in [-0.2, 0) is 10.2 Å². The Bertz CT molecular complexity index is 501. The van der Waals surface area contributed by atoms with Gasteiger partial charge in [0.2, 0.25) is 5.91 Å². The van der Waals surface area contributed by atoms with Gasteiger partial charge in [0.05, 0.1) is 0 Å². The van der Waals surface area contributed by atoms with E-state index in [1.165, 1.54) is 5.56 Å². The van der Waals surface area contributed by atoms with E-state index in [1.807, 2.05) is 38.1 Å². The number of urea groups is 1. The summed E-state index contributed by atoms with van der Waals surface area (Å²) in [6.45, 7) is 10.1. The van der Waals surface area contributed by atoms with Crippen molar-refractivity contribution in [2.45, 2.75) is 46.1 Å². The third kappa shape index (κ3) is 5.10. The predicted molar refractivity (Wildman–Crippen MR) is 85.1 cm³/mol. The van der Waals surface area contributed by atoms with Crippen LogP contribution in [0.25, 0.3) is 0 Å². The number of benzene rings is 1. The molecule has 0 radical (unpaired) electrons. The zero-order valence-corrected chi connectivity index (χ0v) is 13.4. The Morgan fingerprint density at radius 3 is 2.00 bits per heavy atom. The first-order valence-electron chi connectivity index (χ1n) is 7.08. The van der Waals surface area contributed by atoms with Gasteiger partial charge in [0, 0.05) is 5.69 Å². The molecule has 116 valence electrons. The number of hydrogen-bond acceptors (Lipinski definition) is 2. The Hall–Kier alpha value is -2.04. The maximum absolute atomic E-state index is 12.2. The third-order valence-corrected chi connectivity index (χ3v) is 3.27. The topological polar surface area (TPSA) is 84.2 Å². The van der Waals surface area contributed by atoms with Crippen molar-refractivity contribution in [1.82, 2.24) is 5.32 Å². The maximum Gasteiger partial charge on any atom is 0.312 e. The monoisotopic (exact) mass is 291 g/mol. The highest BCUT2D eigenvalue weighted by molar-refractivity contribution is 5.97. The van der Waals surface area contributed by atoms with Crippen LogP contribution >= 0.6 is 0 Å². The molecule has 0 aliphatic rings. The fourth-order valence-corrected chi connectivity index (χ4v) is 1.96. The van der Waals surface area contributed by atoms with Crippen LogP contribution < -0.4 is 16.4 Å². The van der Waals surface area contributed by atoms with Gasteiger partial charge in [-0.25, -0.2) is 4.79 Å². The molecule has 4 N–H and O–H groups in total. The average molecular weight is 291 g/mol. The normalized spacial score (nSPS) is 12.9. The fraction of sp³-hybridized carbons (Fsp3) is 0.500. The third-order valence-electron chi connectivity index (χ3n) is 3.27. The number of carbonyl (C=O) groups excluding carboxylic acids is 2. The number of hydrogen-bond donors (Lipinski definition) is 3. The molecule has 0 heterocycles. The molecule has 5 heteroatoms. The van der Waals surface area contributed by atoms with Crippen molar-refractivity contribution in [1.29, 1.82) is 0 Å². The van der Waals surface area contributed by atoms with Crippen LogP contribution in [0, 0.1) is 5.92 Å². The minimum Gasteiger partial charge on any atom is -0.352 e. The number of nitrogens with two attached hydrogens (primary N) is 1. The fourth-order valence-electron chi connectivity index (χ4n) is 1.96. The molecule has 0 aromatic heterocycles. The van der Waals surface area contributed by atoms with Gasteiger partial charge in [-0.2, -0.15) is 0 Å². The minimum absolute atomic E-state index is 0.0497. The van der Waals surface area contributed by atoms with E-state index in [-0.39, 0.29) is 17.2 Å². The number of rotatable bonds is 4. The van der Waals surface area contributed by atoms with E-state index >= 15 is 0 Å². The van der Waals surface area contributed by atoms with Crippen molar-refractivity contribution in [3.05, 3.63) is 29.8 Å². The summed E-state index contributed by atoms with van der Waals surface area (Å²) in [7, 11) is 0. The summed E-state index contributed by atoms with van der Waals surface area (Å²) >= 11 is 0. The second kappa shape index (κ2) is 6.61. The zero-order valence-electron chi connectivity index (χ0n) is 13.4. The summed E-state index contributed by atoms with van der Waals surface area (Å²) in [5.74, 6) is -0.321. The highest BCUT2D eigenvalue weighted by atomic mass is 16.2. The summed E-state index contributed by atoms with van der Waals surface area (Å²) in [5, 5.41) is 5.26. The Kier molecular flexibility index (Phi) is 5.35. The van der Waals surface area contributed by atoms with E-state index in [4.69, 9.17) is 5.73 Å². The lowest BCUT2D eigenvalue weighted by atomic mass is 9.87. The summed E-state index contributed by atoms with van der Waals surface area (Å²) in [5.41, 5.74) is 7.06. The molecular weight excluding hydrogens is 266 g/mol. The largest absolute Gasteiger partial charge is 0.352 e. The smallest absolute Gasteiger partial charge is 0.312 e. The molecule has 0 fully saturated rings. The number of nitrogens with one attached hydrogen (secondary N) is 2. The van der Waals surface area contributed by atoms with Gasteiger partial charge in [0.15, 0.2) is 0 Å². The van der Waals surface area contributed by atoms with Crippen LogP contribution in [0.3, 0.4) is 0 Å². The van der Waals surface area contributed by atoms with Crippen molar-refractivity contribution < 1.29 is 9.59 Å². The lowest BCUT2D eigenvalue weighted by molar-refractivity contribution is -0.118. The Balaban J connectivity index is 2.79. The van der Waals surface area contributed by atoms with Gasteiger partial charge in [-0.3, -0.25) is 4.79 Å². The number of primary amides is 1. The molecule has 0 saturated heterocycles. The molecule has 1 rings (SSSR count). The van der Waals surface area contributed by atoms with Crippen LogP contribution in [0.2, 0.25) is 0 Å². The molecule has 1 aromatic rings. The summed E-state index contributed by atoms with van der Waals surface area (Å²) in [4.78, 5) is 23.1. The minimum atomic E-state index is -0.702. The summed E-state index contributed by atoms with van der Waals surface area (Å²) in [6.07, 6.45) is 0. The molecule has 21 heavy (non-hydrogen) atoms. The number of amides is 3. The van der Waals surface area contributed by atoms with E-state index in [0.29, 0.717) is 5.69 Å². The second-order valence-corrected chi connectivity index (χ2v) is 6.55. The molecule has 0 bridgehead atoms. The van der Waals surface area contributed by atoms with Gasteiger partial charge in [-0.15, -0.1) is 0 Å². The first-order chi connectivity index (χ1) is 9.61. The van der Waals surface area contributed by atoms with Gasteiger partial charge >= 0.3 is 6.03 Å². The van der Waals surface area contributed by atoms with Crippen molar-refractivity contribution >= 4 is 17.6 Å². The highest BCUT2D eigenvalue weighted by Crippen LogP contribution is 2.23. The van der Waals surface area contributed by atoms with Crippen molar-refractivity contribution in [3.8, 4) is 0 Å². The molecule has 3 amide bonds. The Labute approximate surface area is 126 Å². The van der Waals surface area contributed by atoms with Crippen LogP contribution in [-0.4, -0.2) is 18.0 Å². The van der Waals surface area contributed by atoms with Crippen molar-refractivity contribution in [3.63, 3.8) is 0 Å². The van der Waals surface area contributed by atoms with E-state index < -0.39 is 12.1 Å². The van der Waals surface area contributed by atoms with Gasteiger partial charge in [0.25, 0.3) is 0 Å². The first kappa shape index (κ1) is 17.0. The lowest BCUT2D eigenvalue weighted by Crippen LogP contribution is -2.49. The zero-order chi connectivity index (χ0) is 16.2. The van der Waals surface area contributed by atoms with E-state index in [9.17, 15) is 9.59 Å². The molecule has 0 spiro atoms. The van der Waals surface area contributed by atoms with Crippen LogP contribution in [0.1, 0.15) is 40.2 Å². The molecule has 5 nitrogen and oxygen atoms in total. The number of anilines is 1. The standard InChI is InChI=1S/C16H25N3O2/c1-10(2)13(19-15(17)21)14(20)18-12-8-6-11(7-9-12)16(3,4)5/h6-10,13H,1-5H3,(H,18,20)(H3,17,19,21). The first-order valence-corrected chi connectivity index (χ1v) is 7.08. The van der Waals surface area contributed by atoms with Crippen LogP contribution in [0.4, 0.5) is 10.5 Å². The van der Waals surface area contributed by atoms with E-state index in [2.05, 4.69) is 31.4 Å². The van der Waals surface area contributed by atoms with Crippen LogP contribution in [0.5, 0.6) is 0 Å². The molecule has 0 saturated carbocycles. The van der Waals surface area contributed by atoms with E-state index in [0.717, 1.165) is 0 Å². The molecule has 1 aromatic carbocycles. The molecule has 0 aliphatic heterocycles. The van der Waals surface area contributed by atoms with Crippen molar-refractivity contribution in [2.24, 2.45) is 11.7 Å². The lowest BCUT2D eigenvalue weighted by Gasteiger charge is -2.22. The van der Waals surface area contributed by atoms with Crippen LogP contribution in [0.15, 0.2) is 24.3 Å². The van der Waals surface area contributed by atoms with Gasteiger partial charge < -0.3 is 16.4 Å². The molecule has 0 aliphatic carbocycles.